The Morgan fingerprint density at radius 3 is 1.92 bits per heavy atom. The molecule has 388 valence electrons. The van der Waals surface area contributed by atoms with Gasteiger partial charge in [0.25, 0.3) is 0 Å². The number of hydrogen-bond donors (Lipinski definition) is 9. The third-order valence-electron chi connectivity index (χ3n) is 12.7. The molecule has 2 heterocycles. The maximum absolute atomic E-state index is 15.1. The van der Waals surface area contributed by atoms with Crippen molar-refractivity contribution in [1.82, 2.24) is 36.4 Å². The summed E-state index contributed by atoms with van der Waals surface area (Å²) in [6.07, 6.45) is -4.07. The normalized spacial score (nSPS) is 24.1. The van der Waals surface area contributed by atoms with Gasteiger partial charge in [-0.3, -0.25) is 38.4 Å². The van der Waals surface area contributed by atoms with Gasteiger partial charge in [0.1, 0.15) is 66.1 Å². The molecule has 0 aromatic heterocycles. The van der Waals surface area contributed by atoms with E-state index in [0.29, 0.717) is 23.1 Å². The summed E-state index contributed by atoms with van der Waals surface area (Å²) in [5.41, 5.74) is 6.90. The first-order chi connectivity index (χ1) is 34.2. The quantitative estimate of drug-likeness (QED) is 0.0931. The molecule has 2 aliphatic heterocycles. The molecular weight excluding hydrogens is 933 g/mol. The third-order valence-corrected chi connectivity index (χ3v) is 12.7. The first kappa shape index (κ1) is 55.4. The Morgan fingerprint density at radius 2 is 1.33 bits per heavy atom. The van der Waals surface area contributed by atoms with Crippen molar-refractivity contribution in [2.24, 2.45) is 11.7 Å². The molecule has 9 atom stereocenters. The van der Waals surface area contributed by atoms with Gasteiger partial charge in [-0.25, -0.2) is 4.79 Å². The highest BCUT2D eigenvalue weighted by atomic mass is 16.5. The Bertz CT molecular complexity index is 2420. The molecule has 0 saturated carbocycles. The SMILES string of the molecule is CCCC(=O)N[C@@H](CCC(N)=O)C(=O)N[C@@H]1C(=O)N[C@@H](Cc2ccc(O)cc2)C(=O)NC2CC[C@@H](O)N(C2=O)[C@@H](Cc2ccccc2)C(=O)N(C)[C@@H](Cc2ccc(O)cc2)C(=O)N[C@@H](C(C)C)C(=O)O[C@@H]1C. The number of amides is 8. The number of fused-ring (bicyclic) bond motifs is 2. The number of phenolic OH excluding ortho intramolecular Hbond substituents is 2. The van der Waals surface area contributed by atoms with Crippen LogP contribution in [0.3, 0.4) is 0 Å². The minimum absolute atomic E-state index is 0.0162. The van der Waals surface area contributed by atoms with Gasteiger partial charge in [-0.05, 0) is 79.5 Å². The number of nitrogens with two attached hydrogens (primary N) is 1. The summed E-state index contributed by atoms with van der Waals surface area (Å²) in [7, 11) is 1.35. The number of carbonyl (C=O) groups excluding carboxylic acids is 9. The molecule has 0 aliphatic carbocycles. The Kier molecular flexibility index (Phi) is 19.6. The minimum atomic E-state index is -1.83. The minimum Gasteiger partial charge on any atom is -0.508 e. The molecular formula is C51H66N8O13. The van der Waals surface area contributed by atoms with E-state index < -0.39 is 114 Å². The van der Waals surface area contributed by atoms with Crippen LogP contribution in [0.5, 0.6) is 11.5 Å². The molecule has 2 aliphatic rings. The van der Waals surface area contributed by atoms with Gasteiger partial charge in [-0.1, -0.05) is 75.4 Å². The monoisotopic (exact) mass is 998 g/mol. The molecule has 21 nitrogen and oxygen atoms in total. The number of piperidine rings is 1. The van der Waals surface area contributed by atoms with Crippen molar-refractivity contribution in [1.29, 1.82) is 0 Å². The molecule has 21 heteroatoms. The van der Waals surface area contributed by atoms with Crippen molar-refractivity contribution >= 4 is 53.2 Å². The summed E-state index contributed by atoms with van der Waals surface area (Å²) in [6, 6.07) is 9.75. The van der Waals surface area contributed by atoms with Crippen molar-refractivity contribution in [3.05, 3.63) is 95.6 Å². The first-order valence-electron chi connectivity index (χ1n) is 24.0. The Morgan fingerprint density at radius 1 is 0.750 bits per heavy atom. The summed E-state index contributed by atoms with van der Waals surface area (Å²) in [4.78, 5) is 129. The number of benzene rings is 3. The number of aliphatic hydroxyl groups excluding tert-OH is 1. The number of nitrogens with one attached hydrogen (secondary N) is 5. The number of likely N-dealkylation sites (N-methyl/N-ethyl adjacent to an activating group) is 1. The van der Waals surface area contributed by atoms with Gasteiger partial charge in [0.15, 0.2) is 0 Å². The first-order valence-corrected chi connectivity index (χ1v) is 24.0. The van der Waals surface area contributed by atoms with Gasteiger partial charge in [-0.15, -0.1) is 0 Å². The van der Waals surface area contributed by atoms with E-state index in [-0.39, 0.29) is 62.9 Å². The molecule has 72 heavy (non-hydrogen) atoms. The Balaban J connectivity index is 1.65. The number of hydrogen-bond acceptors (Lipinski definition) is 13. The molecule has 8 amide bonds. The maximum Gasteiger partial charge on any atom is 0.329 e. The lowest BCUT2D eigenvalue weighted by Gasteiger charge is -2.43. The number of phenols is 2. The van der Waals surface area contributed by atoms with E-state index in [0.717, 1.165) is 9.80 Å². The lowest BCUT2D eigenvalue weighted by Crippen LogP contribution is -2.65. The largest absolute Gasteiger partial charge is 0.508 e. The van der Waals surface area contributed by atoms with Crippen LogP contribution in [0, 0.1) is 5.92 Å². The number of cyclic esters (lactones) is 1. The lowest BCUT2D eigenvalue weighted by atomic mass is 9.95. The fourth-order valence-electron chi connectivity index (χ4n) is 8.57. The Labute approximate surface area is 417 Å². The fourth-order valence-corrected chi connectivity index (χ4v) is 8.57. The standard InChI is InChI=1S/C51H66N8O13/c1-6-10-41(63)53-35(21-23-40(52)62)45(65)57-44-29(4)72-51(71)43(28(2)3)56-47(67)38(26-32-15-19-34(61)20-16-32)58(5)50(70)39(27-30-11-8-7-9-12-30)59-42(64)24-22-36(49(59)69)54-46(66)37(55-48(44)68)25-31-13-17-33(60)18-14-31/h7-9,11-20,28-29,35-39,42-44,60-61,64H,6,10,21-27H2,1-5H3,(H2,52,62)(H,53,63)(H,54,66)(H,55,68)(H,56,67)(H,57,65)/t29-,35+,36?,37+,38+,39+,42-,43+,44+/m1/s1. The van der Waals surface area contributed by atoms with Crippen molar-refractivity contribution in [2.45, 2.75) is 140 Å². The van der Waals surface area contributed by atoms with Gasteiger partial charge in [0, 0.05) is 39.2 Å². The van der Waals surface area contributed by atoms with E-state index >= 15 is 4.79 Å². The van der Waals surface area contributed by atoms with E-state index in [9.17, 15) is 53.7 Å². The van der Waals surface area contributed by atoms with Crippen molar-refractivity contribution < 1.29 is 63.2 Å². The van der Waals surface area contributed by atoms with Crippen LogP contribution in [0.25, 0.3) is 0 Å². The average Bonchev–Trinajstić information content (AvgIpc) is 3.33. The second-order valence-electron chi connectivity index (χ2n) is 18.6. The molecule has 5 rings (SSSR count). The van der Waals surface area contributed by atoms with Crippen molar-refractivity contribution in [3.63, 3.8) is 0 Å². The number of ether oxygens (including phenoxy) is 1. The zero-order chi connectivity index (χ0) is 52.8. The van der Waals surface area contributed by atoms with Gasteiger partial charge in [0.05, 0.1) is 0 Å². The Hall–Kier alpha value is -7.55. The summed E-state index contributed by atoms with van der Waals surface area (Å²) < 4.78 is 5.89. The predicted molar refractivity (Wildman–Crippen MR) is 260 cm³/mol. The van der Waals surface area contributed by atoms with Gasteiger partial charge in [0.2, 0.25) is 47.3 Å². The van der Waals surface area contributed by atoms with Crippen molar-refractivity contribution in [3.8, 4) is 11.5 Å². The third kappa shape index (κ3) is 15.0. The molecule has 3 aromatic rings. The van der Waals surface area contributed by atoms with Crippen LogP contribution in [0.2, 0.25) is 0 Å². The molecule has 1 unspecified atom stereocenters. The number of esters is 1. The van der Waals surface area contributed by atoms with Crippen LogP contribution in [0.15, 0.2) is 78.9 Å². The molecule has 0 radical (unpaired) electrons. The van der Waals surface area contributed by atoms with E-state index in [4.69, 9.17) is 10.5 Å². The highest BCUT2D eigenvalue weighted by molar-refractivity contribution is 5.98. The zero-order valence-corrected chi connectivity index (χ0v) is 41.0. The molecule has 3 aromatic carbocycles. The topological polar surface area (TPSA) is 316 Å². The molecule has 10 N–H and O–H groups in total. The highest BCUT2D eigenvalue weighted by Crippen LogP contribution is 2.26. The number of aromatic hydroxyl groups is 2. The number of nitrogens with zero attached hydrogens (tertiary/aromatic N) is 2. The van der Waals surface area contributed by atoms with Gasteiger partial charge < -0.3 is 62.2 Å². The van der Waals surface area contributed by atoms with Crippen LogP contribution in [-0.2, 0) is 67.2 Å². The van der Waals surface area contributed by atoms with E-state index in [1.165, 1.54) is 50.4 Å². The van der Waals surface area contributed by atoms with Gasteiger partial charge in [-0.2, -0.15) is 0 Å². The molecule has 2 bridgehead atoms. The number of primary amides is 1. The highest BCUT2D eigenvalue weighted by Gasteiger charge is 2.46. The van der Waals surface area contributed by atoms with Crippen LogP contribution in [0.4, 0.5) is 0 Å². The second-order valence-corrected chi connectivity index (χ2v) is 18.6. The zero-order valence-electron chi connectivity index (χ0n) is 41.0. The maximum atomic E-state index is 15.1. The summed E-state index contributed by atoms with van der Waals surface area (Å²) in [5.74, 6) is -8.67. The predicted octanol–water partition coefficient (Wildman–Crippen LogP) is 0.353. The van der Waals surface area contributed by atoms with Crippen LogP contribution in [0.1, 0.15) is 82.9 Å². The molecule has 2 saturated heterocycles. The fraction of sp³-hybridized carbons (Fsp3) is 0.471. The number of rotatable bonds is 15. The lowest BCUT2D eigenvalue weighted by molar-refractivity contribution is -0.165. The number of carbonyl (C=O) groups is 9. The van der Waals surface area contributed by atoms with Crippen LogP contribution >= 0.6 is 0 Å². The second kappa shape index (κ2) is 25.5. The van der Waals surface area contributed by atoms with Crippen LogP contribution < -0.4 is 32.3 Å². The van der Waals surface area contributed by atoms with Crippen molar-refractivity contribution in [2.75, 3.05) is 7.05 Å². The number of aliphatic hydroxyl groups is 1. The summed E-state index contributed by atoms with van der Waals surface area (Å²) in [6.45, 7) is 6.22. The van der Waals surface area contributed by atoms with Crippen LogP contribution in [-0.4, -0.2) is 140 Å². The van der Waals surface area contributed by atoms with E-state index in [2.05, 4.69) is 26.6 Å². The molecule has 0 spiro atoms. The van der Waals surface area contributed by atoms with E-state index in [1.807, 2.05) is 0 Å². The summed E-state index contributed by atoms with van der Waals surface area (Å²) in [5, 5.41) is 44.8. The smallest absolute Gasteiger partial charge is 0.329 e. The van der Waals surface area contributed by atoms with Gasteiger partial charge >= 0.3 is 5.97 Å². The molecule has 2 fully saturated rings. The van der Waals surface area contributed by atoms with E-state index in [1.54, 1.807) is 63.2 Å². The average molecular weight is 999 g/mol. The summed E-state index contributed by atoms with van der Waals surface area (Å²) >= 11 is 0.